The molecule has 28 heavy (non-hydrogen) atoms. The number of hydrogen-bond acceptors (Lipinski definition) is 1. The van der Waals surface area contributed by atoms with Crippen LogP contribution in [0.15, 0.2) is 10.6 Å². The SMILES string of the molecule is CC[Si](CC)(CC)OC(C)(C)CCC[C@@H](C)[C@H]1CC[C@H]2/C(=C/Br)CCC[C@]12C. The summed E-state index contributed by atoms with van der Waals surface area (Å²) in [4.78, 5) is 2.26. The molecule has 0 radical (unpaired) electrons. The van der Waals surface area contributed by atoms with Crippen molar-refractivity contribution < 1.29 is 4.43 Å². The Kier molecular flexibility index (Phi) is 8.93. The summed E-state index contributed by atoms with van der Waals surface area (Å²) < 4.78 is 6.84. The molecule has 0 bridgehead atoms. The summed E-state index contributed by atoms with van der Waals surface area (Å²) in [6, 6.07) is 3.77. The summed E-state index contributed by atoms with van der Waals surface area (Å²) in [5.74, 6) is 2.57. The molecule has 1 nitrogen and oxygen atoms in total. The lowest BCUT2D eigenvalue weighted by Crippen LogP contribution is -2.44. The summed E-state index contributed by atoms with van der Waals surface area (Å²) in [7, 11) is -1.51. The highest BCUT2D eigenvalue weighted by Gasteiger charge is 2.50. The highest BCUT2D eigenvalue weighted by molar-refractivity contribution is 9.11. The molecule has 2 saturated carbocycles. The predicted molar refractivity (Wildman–Crippen MR) is 131 cm³/mol. The van der Waals surface area contributed by atoms with E-state index in [1.165, 1.54) is 69.5 Å². The Balaban J connectivity index is 1.91. The van der Waals surface area contributed by atoms with Gasteiger partial charge in [0, 0.05) is 0 Å². The fourth-order valence-corrected chi connectivity index (χ4v) is 10.6. The molecule has 2 aliphatic rings. The van der Waals surface area contributed by atoms with Crippen LogP contribution in [0.25, 0.3) is 0 Å². The Morgan fingerprint density at radius 2 is 1.86 bits per heavy atom. The first-order valence-corrected chi connectivity index (χ1v) is 15.6. The molecule has 0 aromatic carbocycles. The van der Waals surface area contributed by atoms with Crippen LogP contribution in [0.2, 0.25) is 18.1 Å². The Bertz CT molecular complexity index is 516. The van der Waals surface area contributed by atoms with E-state index < -0.39 is 8.32 Å². The third kappa shape index (κ3) is 5.35. The summed E-state index contributed by atoms with van der Waals surface area (Å²) >= 11 is 3.66. The second-order valence-electron chi connectivity index (χ2n) is 10.8. The van der Waals surface area contributed by atoms with Crippen LogP contribution in [0, 0.1) is 23.2 Å². The van der Waals surface area contributed by atoms with Crippen molar-refractivity contribution in [2.75, 3.05) is 0 Å². The molecule has 0 aliphatic heterocycles. The molecule has 0 unspecified atom stereocenters. The minimum Gasteiger partial charge on any atom is -0.412 e. The Morgan fingerprint density at radius 3 is 2.43 bits per heavy atom. The zero-order valence-electron chi connectivity index (χ0n) is 19.9. The van der Waals surface area contributed by atoms with Crippen molar-refractivity contribution in [1.82, 2.24) is 0 Å². The molecule has 0 amide bonds. The molecule has 4 atom stereocenters. The quantitative estimate of drug-likeness (QED) is 0.289. The average molecular weight is 472 g/mol. The zero-order chi connectivity index (χ0) is 21.0. The van der Waals surface area contributed by atoms with E-state index in [-0.39, 0.29) is 5.60 Å². The van der Waals surface area contributed by atoms with E-state index in [2.05, 4.69) is 69.4 Å². The summed E-state index contributed by atoms with van der Waals surface area (Å²) in [5, 5.41) is 0. The first-order valence-electron chi connectivity index (χ1n) is 12.2. The molecule has 0 heterocycles. The van der Waals surface area contributed by atoms with Gasteiger partial charge < -0.3 is 4.43 Å². The second kappa shape index (κ2) is 10.1. The highest BCUT2D eigenvalue weighted by atomic mass is 79.9. The van der Waals surface area contributed by atoms with Gasteiger partial charge in [-0.05, 0) is 98.7 Å². The third-order valence-corrected chi connectivity index (χ3v) is 14.2. The van der Waals surface area contributed by atoms with Gasteiger partial charge >= 0.3 is 0 Å². The topological polar surface area (TPSA) is 9.23 Å². The van der Waals surface area contributed by atoms with Crippen molar-refractivity contribution in [3.8, 4) is 0 Å². The van der Waals surface area contributed by atoms with Crippen LogP contribution in [0.1, 0.15) is 99.8 Å². The molecule has 0 spiro atoms. The fraction of sp³-hybridized carbons (Fsp3) is 0.920. The van der Waals surface area contributed by atoms with E-state index in [0.717, 1.165) is 17.8 Å². The Hall–Kier alpha value is 0.397. The highest BCUT2D eigenvalue weighted by Crippen LogP contribution is 2.60. The molecule has 164 valence electrons. The molecule has 2 fully saturated rings. The van der Waals surface area contributed by atoms with Crippen LogP contribution in [0.5, 0.6) is 0 Å². The fourth-order valence-electron chi connectivity index (χ4n) is 6.80. The van der Waals surface area contributed by atoms with Crippen molar-refractivity contribution in [2.45, 2.75) is 124 Å². The van der Waals surface area contributed by atoms with Crippen LogP contribution in [0.3, 0.4) is 0 Å². The van der Waals surface area contributed by atoms with Gasteiger partial charge in [-0.15, -0.1) is 0 Å². The molecule has 3 heteroatoms. The van der Waals surface area contributed by atoms with E-state index in [9.17, 15) is 0 Å². The van der Waals surface area contributed by atoms with Gasteiger partial charge in [0.25, 0.3) is 0 Å². The third-order valence-electron chi connectivity index (χ3n) is 8.73. The van der Waals surface area contributed by atoms with Crippen LogP contribution >= 0.6 is 15.9 Å². The summed E-state index contributed by atoms with van der Waals surface area (Å²) in [6.45, 7) is 16.9. The first-order chi connectivity index (χ1) is 13.2. The van der Waals surface area contributed by atoms with Gasteiger partial charge in [-0.3, -0.25) is 0 Å². The van der Waals surface area contributed by atoms with Gasteiger partial charge in [-0.2, -0.15) is 0 Å². The number of allylic oxidation sites excluding steroid dienone is 1. The molecule has 0 saturated heterocycles. The van der Waals surface area contributed by atoms with Gasteiger partial charge in [0.15, 0.2) is 8.32 Å². The number of halogens is 1. The number of fused-ring (bicyclic) bond motifs is 1. The molecular weight excluding hydrogens is 424 g/mol. The van der Waals surface area contributed by atoms with Gasteiger partial charge in [-0.25, -0.2) is 0 Å². The lowest BCUT2D eigenvalue weighted by Gasteiger charge is -2.44. The van der Waals surface area contributed by atoms with Crippen molar-refractivity contribution in [3.05, 3.63) is 10.6 Å². The van der Waals surface area contributed by atoms with Crippen molar-refractivity contribution in [3.63, 3.8) is 0 Å². The molecule has 0 N–H and O–H groups in total. The smallest absolute Gasteiger partial charge is 0.192 e. The van der Waals surface area contributed by atoms with Gasteiger partial charge in [0.2, 0.25) is 0 Å². The van der Waals surface area contributed by atoms with Crippen LogP contribution in [-0.4, -0.2) is 13.9 Å². The van der Waals surface area contributed by atoms with E-state index >= 15 is 0 Å². The maximum Gasteiger partial charge on any atom is 0.192 e. The van der Waals surface area contributed by atoms with Gasteiger partial charge in [0.05, 0.1) is 5.60 Å². The van der Waals surface area contributed by atoms with Gasteiger partial charge in [-0.1, -0.05) is 69.0 Å². The van der Waals surface area contributed by atoms with Crippen LogP contribution < -0.4 is 0 Å². The van der Waals surface area contributed by atoms with Crippen LogP contribution in [0.4, 0.5) is 0 Å². The minimum absolute atomic E-state index is 0.0484. The zero-order valence-corrected chi connectivity index (χ0v) is 22.5. The monoisotopic (exact) mass is 470 g/mol. The van der Waals surface area contributed by atoms with Crippen molar-refractivity contribution in [1.29, 1.82) is 0 Å². The summed E-state index contributed by atoms with van der Waals surface area (Å²) in [6.07, 6.45) is 10.9. The number of rotatable bonds is 10. The van der Waals surface area contributed by atoms with Crippen molar-refractivity contribution in [2.24, 2.45) is 23.2 Å². The number of hydrogen-bond donors (Lipinski definition) is 0. The minimum atomic E-state index is -1.51. The average Bonchev–Trinajstić information content (AvgIpc) is 3.03. The normalized spacial score (nSPS) is 31.2. The summed E-state index contributed by atoms with van der Waals surface area (Å²) in [5.41, 5.74) is 2.28. The standard InChI is InChI=1S/C25H47BrOSi/c1-8-28(9-2,10-3)27-24(5,6)17-11-13-20(4)22-15-16-23-21(19-26)14-12-18-25(22,23)7/h19-20,22-23H,8-18H2,1-7H3/b21-19+/t20-,22-,23+,25-/m1/s1. The molecular formula is C25H47BrOSi. The van der Waals surface area contributed by atoms with Crippen molar-refractivity contribution >= 4 is 24.2 Å². The van der Waals surface area contributed by atoms with E-state index in [0.29, 0.717) is 5.41 Å². The lowest BCUT2D eigenvalue weighted by molar-refractivity contribution is 0.0705. The molecule has 0 aromatic rings. The largest absolute Gasteiger partial charge is 0.412 e. The Labute approximate surface area is 185 Å². The molecule has 0 aromatic heterocycles. The Morgan fingerprint density at radius 1 is 1.21 bits per heavy atom. The molecule has 2 rings (SSSR count). The second-order valence-corrected chi connectivity index (χ2v) is 15.9. The maximum absolute atomic E-state index is 6.84. The predicted octanol–water partition coefficient (Wildman–Crippen LogP) is 9.09. The molecule has 2 aliphatic carbocycles. The lowest BCUT2D eigenvalue weighted by atomic mass is 9.61. The van der Waals surface area contributed by atoms with E-state index in [4.69, 9.17) is 4.43 Å². The first kappa shape index (κ1) is 24.7. The van der Waals surface area contributed by atoms with Gasteiger partial charge in [0.1, 0.15) is 0 Å². The van der Waals surface area contributed by atoms with E-state index in [1.54, 1.807) is 5.57 Å². The maximum atomic E-state index is 6.84. The van der Waals surface area contributed by atoms with E-state index in [1.807, 2.05) is 0 Å². The van der Waals surface area contributed by atoms with Crippen LogP contribution in [-0.2, 0) is 4.43 Å².